The SMILES string of the molecule is CNC(COCCOC(C)(C)C)c1ccccc1C. The summed E-state index contributed by atoms with van der Waals surface area (Å²) in [7, 11) is 1.96. The Labute approximate surface area is 117 Å². The van der Waals surface area contributed by atoms with Crippen molar-refractivity contribution in [2.24, 2.45) is 0 Å². The fourth-order valence-corrected chi connectivity index (χ4v) is 1.91. The van der Waals surface area contributed by atoms with Crippen LogP contribution in [-0.4, -0.2) is 32.5 Å². The standard InChI is InChI=1S/C16H27NO2/c1-13-8-6-7-9-14(13)15(17-5)12-18-10-11-19-16(2,3)4/h6-9,15,17H,10-12H2,1-5H3. The predicted octanol–water partition coefficient (Wildman–Crippen LogP) is 3.09. The molecule has 3 nitrogen and oxygen atoms in total. The lowest BCUT2D eigenvalue weighted by molar-refractivity contribution is -0.0372. The van der Waals surface area contributed by atoms with Crippen LogP contribution in [-0.2, 0) is 9.47 Å². The maximum Gasteiger partial charge on any atom is 0.0707 e. The highest BCUT2D eigenvalue weighted by molar-refractivity contribution is 5.28. The molecule has 0 aliphatic heterocycles. The Morgan fingerprint density at radius 3 is 2.42 bits per heavy atom. The van der Waals surface area contributed by atoms with E-state index in [1.165, 1.54) is 11.1 Å². The lowest BCUT2D eigenvalue weighted by Crippen LogP contribution is -2.25. The molecule has 3 heteroatoms. The van der Waals surface area contributed by atoms with Crippen LogP contribution in [0.3, 0.4) is 0 Å². The second-order valence-corrected chi connectivity index (χ2v) is 5.73. The van der Waals surface area contributed by atoms with E-state index >= 15 is 0 Å². The first kappa shape index (κ1) is 16.2. The summed E-state index contributed by atoms with van der Waals surface area (Å²) in [6.07, 6.45) is 0. The zero-order valence-corrected chi connectivity index (χ0v) is 12.8. The molecule has 0 bridgehead atoms. The van der Waals surface area contributed by atoms with Crippen molar-refractivity contribution >= 4 is 0 Å². The smallest absolute Gasteiger partial charge is 0.0707 e. The van der Waals surface area contributed by atoms with Gasteiger partial charge in [-0.2, -0.15) is 0 Å². The molecule has 1 rings (SSSR count). The molecule has 1 atom stereocenters. The molecule has 0 saturated carbocycles. The van der Waals surface area contributed by atoms with Gasteiger partial charge >= 0.3 is 0 Å². The summed E-state index contributed by atoms with van der Waals surface area (Å²) < 4.78 is 11.3. The summed E-state index contributed by atoms with van der Waals surface area (Å²) in [4.78, 5) is 0. The molecule has 1 N–H and O–H groups in total. The Kier molecular flexibility index (Phi) is 6.49. The van der Waals surface area contributed by atoms with Gasteiger partial charge in [0.2, 0.25) is 0 Å². The van der Waals surface area contributed by atoms with Gasteiger partial charge in [-0.15, -0.1) is 0 Å². The van der Waals surface area contributed by atoms with Crippen LogP contribution < -0.4 is 5.32 Å². The summed E-state index contributed by atoms with van der Waals surface area (Å²) in [5.41, 5.74) is 2.49. The topological polar surface area (TPSA) is 30.5 Å². The van der Waals surface area contributed by atoms with Gasteiger partial charge in [0, 0.05) is 0 Å². The van der Waals surface area contributed by atoms with E-state index in [2.05, 4.69) is 57.3 Å². The molecule has 0 aliphatic rings. The lowest BCUT2D eigenvalue weighted by atomic mass is 10.0. The van der Waals surface area contributed by atoms with E-state index in [0.29, 0.717) is 19.8 Å². The molecule has 0 spiro atoms. The van der Waals surface area contributed by atoms with Crippen LogP contribution in [0.1, 0.15) is 37.9 Å². The van der Waals surface area contributed by atoms with Crippen LogP contribution in [0.2, 0.25) is 0 Å². The molecule has 0 fully saturated rings. The molecule has 19 heavy (non-hydrogen) atoms. The molecule has 0 aliphatic carbocycles. The molecular weight excluding hydrogens is 238 g/mol. The zero-order valence-electron chi connectivity index (χ0n) is 12.8. The van der Waals surface area contributed by atoms with Gasteiger partial charge in [0.1, 0.15) is 0 Å². The second kappa shape index (κ2) is 7.63. The molecule has 1 aromatic carbocycles. The van der Waals surface area contributed by atoms with Crippen LogP contribution >= 0.6 is 0 Å². The molecule has 0 amide bonds. The number of aryl methyl sites for hydroxylation is 1. The van der Waals surface area contributed by atoms with E-state index in [1.54, 1.807) is 0 Å². The minimum atomic E-state index is -0.0955. The summed E-state index contributed by atoms with van der Waals surface area (Å²) in [6, 6.07) is 8.63. The first-order chi connectivity index (χ1) is 8.94. The van der Waals surface area contributed by atoms with Crippen molar-refractivity contribution in [1.82, 2.24) is 5.32 Å². The average Bonchev–Trinajstić information content (AvgIpc) is 2.34. The Balaban J connectivity index is 2.36. The highest BCUT2D eigenvalue weighted by Crippen LogP contribution is 2.17. The summed E-state index contributed by atoms with van der Waals surface area (Å²) in [5.74, 6) is 0. The van der Waals surface area contributed by atoms with Crippen LogP contribution in [0.5, 0.6) is 0 Å². The quantitative estimate of drug-likeness (QED) is 0.769. The minimum Gasteiger partial charge on any atom is -0.377 e. The Hall–Kier alpha value is -0.900. The number of nitrogens with one attached hydrogen (secondary N) is 1. The number of rotatable bonds is 7. The van der Waals surface area contributed by atoms with Gasteiger partial charge in [0.15, 0.2) is 0 Å². The van der Waals surface area contributed by atoms with Crippen molar-refractivity contribution in [3.05, 3.63) is 35.4 Å². The summed E-state index contributed by atoms with van der Waals surface area (Å²) in [6.45, 7) is 10.2. The molecule has 1 unspecified atom stereocenters. The third-order valence-corrected chi connectivity index (χ3v) is 2.96. The van der Waals surface area contributed by atoms with Gasteiger partial charge in [-0.1, -0.05) is 24.3 Å². The van der Waals surface area contributed by atoms with Crippen molar-refractivity contribution in [1.29, 1.82) is 0 Å². The Bertz CT molecular complexity index is 371. The first-order valence-electron chi connectivity index (χ1n) is 6.88. The maximum atomic E-state index is 5.70. The predicted molar refractivity (Wildman–Crippen MR) is 79.5 cm³/mol. The van der Waals surface area contributed by atoms with Crippen LogP contribution in [0.4, 0.5) is 0 Å². The van der Waals surface area contributed by atoms with Crippen molar-refractivity contribution in [2.75, 3.05) is 26.9 Å². The lowest BCUT2D eigenvalue weighted by Gasteiger charge is -2.21. The van der Waals surface area contributed by atoms with Gasteiger partial charge in [-0.25, -0.2) is 0 Å². The fourth-order valence-electron chi connectivity index (χ4n) is 1.91. The first-order valence-corrected chi connectivity index (χ1v) is 6.88. The highest BCUT2D eigenvalue weighted by Gasteiger charge is 2.12. The number of hydrogen-bond donors (Lipinski definition) is 1. The molecule has 0 radical (unpaired) electrons. The van der Waals surface area contributed by atoms with Crippen molar-refractivity contribution in [3.63, 3.8) is 0 Å². The Morgan fingerprint density at radius 1 is 1.16 bits per heavy atom. The van der Waals surface area contributed by atoms with Gasteiger partial charge in [-0.3, -0.25) is 0 Å². The van der Waals surface area contributed by atoms with E-state index in [-0.39, 0.29) is 11.6 Å². The molecule has 0 heterocycles. The van der Waals surface area contributed by atoms with Gasteiger partial charge < -0.3 is 14.8 Å². The normalized spacial score (nSPS) is 13.5. The van der Waals surface area contributed by atoms with Crippen LogP contribution in [0.25, 0.3) is 0 Å². The molecular formula is C16H27NO2. The fraction of sp³-hybridized carbons (Fsp3) is 0.625. The third-order valence-electron chi connectivity index (χ3n) is 2.96. The van der Waals surface area contributed by atoms with Crippen LogP contribution in [0.15, 0.2) is 24.3 Å². The monoisotopic (exact) mass is 265 g/mol. The molecule has 0 aromatic heterocycles. The van der Waals surface area contributed by atoms with E-state index in [1.807, 2.05) is 7.05 Å². The summed E-state index contributed by atoms with van der Waals surface area (Å²) in [5, 5.41) is 3.30. The maximum absolute atomic E-state index is 5.70. The van der Waals surface area contributed by atoms with Crippen LogP contribution in [0, 0.1) is 6.92 Å². The van der Waals surface area contributed by atoms with E-state index in [0.717, 1.165) is 0 Å². The number of benzene rings is 1. The highest BCUT2D eigenvalue weighted by atomic mass is 16.5. The number of ether oxygens (including phenoxy) is 2. The minimum absolute atomic E-state index is 0.0955. The van der Waals surface area contributed by atoms with Crippen molar-refractivity contribution < 1.29 is 9.47 Å². The third kappa shape index (κ3) is 6.19. The zero-order chi connectivity index (χ0) is 14.3. The molecule has 0 saturated heterocycles. The second-order valence-electron chi connectivity index (χ2n) is 5.73. The van der Waals surface area contributed by atoms with Crippen molar-refractivity contribution in [2.45, 2.75) is 39.3 Å². The molecule has 108 valence electrons. The number of likely N-dealkylation sites (N-methyl/N-ethyl adjacent to an activating group) is 1. The van der Waals surface area contributed by atoms with Gasteiger partial charge in [0.25, 0.3) is 0 Å². The Morgan fingerprint density at radius 2 is 1.84 bits per heavy atom. The van der Waals surface area contributed by atoms with E-state index < -0.39 is 0 Å². The van der Waals surface area contributed by atoms with Crippen molar-refractivity contribution in [3.8, 4) is 0 Å². The van der Waals surface area contributed by atoms with Gasteiger partial charge in [0.05, 0.1) is 31.5 Å². The number of hydrogen-bond acceptors (Lipinski definition) is 3. The average molecular weight is 265 g/mol. The summed E-state index contributed by atoms with van der Waals surface area (Å²) >= 11 is 0. The van der Waals surface area contributed by atoms with E-state index in [4.69, 9.17) is 9.47 Å². The largest absolute Gasteiger partial charge is 0.377 e. The van der Waals surface area contributed by atoms with Gasteiger partial charge in [-0.05, 0) is 45.9 Å². The molecule has 1 aromatic rings. The van der Waals surface area contributed by atoms with E-state index in [9.17, 15) is 0 Å².